The van der Waals surface area contributed by atoms with E-state index in [1.54, 1.807) is 37.3 Å². The average Bonchev–Trinajstić information content (AvgIpc) is 3.31. The molecule has 0 amide bonds. The second-order valence-electron chi connectivity index (χ2n) is 6.12. The second kappa shape index (κ2) is 7.76. The van der Waals surface area contributed by atoms with Crippen LogP contribution in [0, 0.1) is 17.2 Å². The van der Waals surface area contributed by atoms with Crippen LogP contribution in [-0.4, -0.2) is 40.2 Å². The quantitative estimate of drug-likeness (QED) is 0.344. The van der Waals surface area contributed by atoms with E-state index in [1.807, 2.05) is 0 Å². The van der Waals surface area contributed by atoms with Gasteiger partial charge in [-0.2, -0.15) is 10.4 Å². The molecule has 2 aliphatic heterocycles. The first-order valence-corrected chi connectivity index (χ1v) is 9.13. The Labute approximate surface area is 173 Å². The third-order valence-electron chi connectivity index (χ3n) is 4.35. The van der Waals surface area contributed by atoms with E-state index in [1.165, 1.54) is 0 Å². The van der Waals surface area contributed by atoms with Gasteiger partial charge in [-0.25, -0.2) is 9.79 Å². The van der Waals surface area contributed by atoms with Crippen molar-refractivity contribution in [3.8, 4) is 6.07 Å². The molecule has 3 heterocycles. The lowest BCUT2D eigenvalue weighted by Crippen LogP contribution is -2.44. The van der Waals surface area contributed by atoms with Crippen molar-refractivity contribution >= 4 is 40.5 Å². The van der Waals surface area contributed by atoms with Crippen LogP contribution in [0.15, 0.2) is 49.4 Å². The maximum atomic E-state index is 12.5. The van der Waals surface area contributed by atoms with Crippen LogP contribution in [0.1, 0.15) is 12.5 Å². The minimum absolute atomic E-state index is 0.0939. The molecule has 3 N–H and O–H groups in total. The van der Waals surface area contributed by atoms with Crippen molar-refractivity contribution in [1.29, 1.82) is 5.26 Å². The Bertz CT molecular complexity index is 1340. The van der Waals surface area contributed by atoms with E-state index < -0.39 is 17.6 Å². The zero-order valence-electron chi connectivity index (χ0n) is 15.4. The third-order valence-corrected chi connectivity index (χ3v) is 4.60. The Morgan fingerprint density at radius 2 is 2.10 bits per heavy atom. The number of benzene rings is 1. The van der Waals surface area contributed by atoms with Gasteiger partial charge >= 0.3 is 5.97 Å². The van der Waals surface area contributed by atoms with Gasteiger partial charge in [0, 0.05) is 5.02 Å². The average molecular weight is 425 g/mol. The minimum atomic E-state index is -0.886. The fraction of sp³-hybridized carbons (Fsp3) is 0.167. The molecule has 30 heavy (non-hydrogen) atoms. The second-order valence-corrected chi connectivity index (χ2v) is 6.55. The molecule has 0 radical (unpaired) electrons. The molecule has 1 unspecified atom stereocenters. The highest BCUT2D eigenvalue weighted by atomic mass is 35.5. The number of fused-ring (bicyclic) bond motifs is 2. The summed E-state index contributed by atoms with van der Waals surface area (Å²) in [5, 5.41) is 27.1. The Morgan fingerprint density at radius 3 is 2.80 bits per heavy atom. The molecule has 1 atom stereocenters. The van der Waals surface area contributed by atoms with Crippen molar-refractivity contribution in [3.63, 3.8) is 0 Å². The van der Waals surface area contributed by atoms with Gasteiger partial charge in [-0.15, -0.1) is 10.2 Å². The molecule has 0 spiro atoms. The van der Waals surface area contributed by atoms with Gasteiger partial charge in [0.05, 0.1) is 11.8 Å². The highest BCUT2D eigenvalue weighted by Crippen LogP contribution is 2.28. The van der Waals surface area contributed by atoms with Crippen molar-refractivity contribution in [2.45, 2.75) is 6.92 Å². The minimum Gasteiger partial charge on any atom is -0.461 e. The van der Waals surface area contributed by atoms with Gasteiger partial charge in [0.25, 0.3) is 5.56 Å². The summed E-state index contributed by atoms with van der Waals surface area (Å²) in [6.07, 6.45) is 0. The number of rotatable bonds is 4. The Balaban J connectivity index is 1.87. The number of hydrogen-bond acceptors (Lipinski definition) is 8. The van der Waals surface area contributed by atoms with Crippen molar-refractivity contribution < 1.29 is 9.53 Å². The first kappa shape index (κ1) is 19.3. The molecule has 1 aromatic carbocycles. The van der Waals surface area contributed by atoms with Crippen molar-refractivity contribution in [1.82, 2.24) is 15.6 Å². The summed E-state index contributed by atoms with van der Waals surface area (Å²) in [4.78, 5) is 28.6. The third kappa shape index (κ3) is 3.29. The Hall–Kier alpha value is -4.04. The number of hydrazone groups is 1. The van der Waals surface area contributed by atoms with E-state index in [2.05, 4.69) is 35.9 Å². The number of halogens is 1. The molecular weight excluding hydrogens is 412 g/mol. The maximum Gasteiger partial charge on any atom is 0.369 e. The lowest BCUT2D eigenvalue weighted by molar-refractivity contribution is -0.134. The number of aromatic amines is 2. The number of ether oxygens (including phenoxy) is 1. The summed E-state index contributed by atoms with van der Waals surface area (Å²) < 4.78 is 4.77. The van der Waals surface area contributed by atoms with E-state index in [4.69, 9.17) is 21.6 Å². The lowest BCUT2D eigenvalue weighted by atomic mass is 9.88. The smallest absolute Gasteiger partial charge is 0.369 e. The number of carbonyl (C=O) groups excluding carboxylic acids is 1. The topological polar surface area (TPSA) is 160 Å². The number of carbonyl (C=O) groups is 1. The Morgan fingerprint density at radius 1 is 1.33 bits per heavy atom. The van der Waals surface area contributed by atoms with Crippen LogP contribution in [0.2, 0.25) is 5.02 Å². The van der Waals surface area contributed by atoms with E-state index >= 15 is 0 Å². The van der Waals surface area contributed by atoms with Crippen molar-refractivity contribution in [3.05, 3.63) is 55.9 Å². The van der Waals surface area contributed by atoms with Crippen LogP contribution in [0.5, 0.6) is 0 Å². The zero-order chi connectivity index (χ0) is 21.3. The summed E-state index contributed by atoms with van der Waals surface area (Å²) in [5.41, 5.74) is 3.43. The Kier molecular flexibility index (Phi) is 4.99. The van der Waals surface area contributed by atoms with Crippen LogP contribution in [0.25, 0.3) is 5.57 Å². The van der Waals surface area contributed by atoms with E-state index in [9.17, 15) is 9.59 Å². The van der Waals surface area contributed by atoms with E-state index in [0.717, 1.165) is 0 Å². The molecule has 11 nitrogen and oxygen atoms in total. The summed E-state index contributed by atoms with van der Waals surface area (Å²) >= 11 is 6.00. The molecule has 0 saturated carbocycles. The molecule has 1 aromatic heterocycles. The van der Waals surface area contributed by atoms with Crippen LogP contribution >= 0.6 is 11.6 Å². The van der Waals surface area contributed by atoms with Gasteiger partial charge in [0.1, 0.15) is 12.0 Å². The number of hydrogen-bond donors (Lipinski definition) is 3. The first-order chi connectivity index (χ1) is 14.5. The normalized spacial score (nSPS) is 18.6. The summed E-state index contributed by atoms with van der Waals surface area (Å²) in [6.45, 7) is 1.71. The molecular formula is C18H13ClN8O3. The fourth-order valence-electron chi connectivity index (χ4n) is 3.10. The molecule has 150 valence electrons. The molecule has 0 fully saturated rings. The van der Waals surface area contributed by atoms with Crippen LogP contribution < -0.4 is 21.7 Å². The number of nitrogens with zero attached hydrogens (tertiary/aromatic N) is 5. The fourth-order valence-corrected chi connectivity index (χ4v) is 3.22. The van der Waals surface area contributed by atoms with Crippen LogP contribution in [0.3, 0.4) is 0 Å². The molecule has 12 heteroatoms. The largest absolute Gasteiger partial charge is 0.461 e. The highest BCUT2D eigenvalue weighted by molar-refractivity contribution is 6.43. The predicted octanol–water partition coefficient (Wildman–Crippen LogP) is -0.437. The van der Waals surface area contributed by atoms with E-state index in [0.29, 0.717) is 32.7 Å². The summed E-state index contributed by atoms with van der Waals surface area (Å²) in [6, 6.07) is 8.56. The van der Waals surface area contributed by atoms with Crippen molar-refractivity contribution in [2.75, 3.05) is 6.61 Å². The number of nitriles is 1. The molecule has 2 aromatic rings. The SMILES string of the molecule is CCOC(=O)/C(C#N)=N/N=C1\NN=C2N=c3[nH][nH]c(=O)c3=C(c3ccc(Cl)cc3)C21. The predicted molar refractivity (Wildman–Crippen MR) is 107 cm³/mol. The van der Waals surface area contributed by atoms with Gasteiger partial charge in [-0.3, -0.25) is 20.4 Å². The van der Waals surface area contributed by atoms with Gasteiger partial charge in [0.15, 0.2) is 17.2 Å². The number of aromatic nitrogens is 2. The number of esters is 1. The maximum absolute atomic E-state index is 12.5. The molecule has 2 aliphatic rings. The highest BCUT2D eigenvalue weighted by Gasteiger charge is 2.36. The number of nitrogens with one attached hydrogen (secondary N) is 3. The lowest BCUT2D eigenvalue weighted by Gasteiger charge is -2.17. The van der Waals surface area contributed by atoms with Gasteiger partial charge in [-0.1, -0.05) is 23.7 Å². The standard InChI is InChI=1S/C18H13ClN8O3/c1-2-30-18(29)10(7-20)22-25-16-12-11(8-3-5-9(19)6-4-8)13-15(24-27-17(13)28)21-14(12)23-26-16/h3-6,12H,2H2,1H3,(H,25,26)(H,27,28)(H,21,23,24)/b22-10+. The number of H-pyrrole nitrogens is 2. The first-order valence-electron chi connectivity index (χ1n) is 8.75. The van der Waals surface area contributed by atoms with Crippen molar-refractivity contribution in [2.24, 2.45) is 26.2 Å². The summed E-state index contributed by atoms with van der Waals surface area (Å²) in [7, 11) is 0. The summed E-state index contributed by atoms with van der Waals surface area (Å²) in [5.74, 6) is -1.02. The molecule has 0 bridgehead atoms. The van der Waals surface area contributed by atoms with E-state index in [-0.39, 0.29) is 18.0 Å². The van der Waals surface area contributed by atoms with Crippen LogP contribution in [-0.2, 0) is 9.53 Å². The zero-order valence-corrected chi connectivity index (χ0v) is 16.2. The monoisotopic (exact) mass is 424 g/mol. The molecule has 0 aliphatic carbocycles. The molecule has 4 rings (SSSR count). The van der Waals surface area contributed by atoms with Gasteiger partial charge in [0.2, 0.25) is 5.71 Å². The van der Waals surface area contributed by atoms with Gasteiger partial charge in [-0.05, 0) is 30.2 Å². The van der Waals surface area contributed by atoms with Gasteiger partial charge < -0.3 is 4.74 Å². The molecule has 0 saturated heterocycles. The van der Waals surface area contributed by atoms with Crippen LogP contribution in [0.4, 0.5) is 0 Å². The number of amidine groups is 2.